The lowest BCUT2D eigenvalue weighted by molar-refractivity contribution is 0.507. The summed E-state index contributed by atoms with van der Waals surface area (Å²) in [5.74, 6) is 1.99. The van der Waals surface area contributed by atoms with Crippen molar-refractivity contribution in [2.45, 2.75) is 45.7 Å². The van der Waals surface area contributed by atoms with E-state index in [1.165, 1.54) is 6.42 Å². The van der Waals surface area contributed by atoms with Crippen molar-refractivity contribution in [3.63, 3.8) is 0 Å². The van der Waals surface area contributed by atoms with Crippen LogP contribution in [0.1, 0.15) is 33.1 Å². The van der Waals surface area contributed by atoms with Crippen LogP contribution in [0, 0.1) is 11.8 Å². The zero-order chi connectivity index (χ0) is 13.8. The smallest absolute Gasteiger partial charge is 0.293 e. The van der Waals surface area contributed by atoms with Gasteiger partial charge in [-0.1, -0.05) is 20.3 Å². The van der Waals surface area contributed by atoms with E-state index in [1.807, 2.05) is 0 Å². The maximum Gasteiger partial charge on any atom is 0.293 e. The van der Waals surface area contributed by atoms with Gasteiger partial charge in [-0.3, -0.25) is 4.79 Å². The van der Waals surface area contributed by atoms with E-state index in [0.29, 0.717) is 23.5 Å². The zero-order valence-electron chi connectivity index (χ0n) is 11.6. The van der Waals surface area contributed by atoms with Crippen molar-refractivity contribution >= 4 is 17.4 Å². The second-order valence-corrected chi connectivity index (χ2v) is 6.03. The Morgan fingerprint density at radius 2 is 2.32 bits per heavy atom. The average Bonchev–Trinajstić information content (AvgIpc) is 2.81. The fraction of sp³-hybridized carbons (Fsp3) is 0.714. The molecule has 0 spiro atoms. The molecule has 1 N–H and O–H groups in total. The van der Waals surface area contributed by atoms with Gasteiger partial charge >= 0.3 is 0 Å². The molecule has 1 aromatic rings. The van der Waals surface area contributed by atoms with Crippen LogP contribution >= 0.6 is 11.6 Å². The first-order chi connectivity index (χ1) is 9.11. The van der Waals surface area contributed by atoms with Crippen LogP contribution in [0.4, 0.5) is 5.82 Å². The molecule has 1 fully saturated rings. The van der Waals surface area contributed by atoms with Gasteiger partial charge in [0.2, 0.25) is 0 Å². The van der Waals surface area contributed by atoms with Crippen LogP contribution in [-0.4, -0.2) is 21.5 Å². The van der Waals surface area contributed by atoms with Gasteiger partial charge in [0.05, 0.1) is 0 Å². The molecule has 1 aliphatic rings. The summed E-state index contributed by atoms with van der Waals surface area (Å²) in [7, 11) is 0. The number of hydrogen-bond acceptors (Lipinski definition) is 3. The van der Waals surface area contributed by atoms with E-state index in [-0.39, 0.29) is 11.6 Å². The summed E-state index contributed by atoms with van der Waals surface area (Å²) in [4.78, 5) is 16.5. The topological polar surface area (TPSA) is 46.9 Å². The van der Waals surface area contributed by atoms with Gasteiger partial charge in [-0.25, -0.2) is 4.98 Å². The van der Waals surface area contributed by atoms with Crippen LogP contribution < -0.4 is 10.9 Å². The molecule has 1 heterocycles. The molecule has 2 rings (SSSR count). The predicted molar refractivity (Wildman–Crippen MR) is 78.8 cm³/mol. The van der Waals surface area contributed by atoms with Crippen LogP contribution in [0.25, 0.3) is 0 Å². The molecule has 19 heavy (non-hydrogen) atoms. The second kappa shape index (κ2) is 6.42. The van der Waals surface area contributed by atoms with Crippen LogP contribution in [-0.2, 0) is 6.54 Å². The zero-order valence-corrected chi connectivity index (χ0v) is 12.4. The summed E-state index contributed by atoms with van der Waals surface area (Å²) >= 11 is 5.96. The standard InChI is InChI=1S/C14H22ClN3O/c1-10(2)9-18-7-6-16-13(14(18)19)17-12-5-3-4-11(12)8-15/h6-7,10-12H,3-5,8-9H2,1-2H3,(H,16,17). The van der Waals surface area contributed by atoms with Crippen molar-refractivity contribution in [1.29, 1.82) is 0 Å². The molecule has 0 amide bonds. The molecule has 0 saturated heterocycles. The van der Waals surface area contributed by atoms with Gasteiger partial charge in [-0.2, -0.15) is 0 Å². The third-order valence-electron chi connectivity index (χ3n) is 3.65. The van der Waals surface area contributed by atoms with E-state index in [4.69, 9.17) is 11.6 Å². The highest BCUT2D eigenvalue weighted by atomic mass is 35.5. The molecular formula is C14H22ClN3O. The van der Waals surface area contributed by atoms with Crippen LogP contribution in [0.2, 0.25) is 0 Å². The molecule has 1 aliphatic carbocycles. The Labute approximate surface area is 119 Å². The molecule has 106 valence electrons. The number of anilines is 1. The van der Waals surface area contributed by atoms with E-state index in [0.717, 1.165) is 19.4 Å². The molecular weight excluding hydrogens is 262 g/mol. The molecule has 1 aromatic heterocycles. The number of aromatic nitrogens is 2. The van der Waals surface area contributed by atoms with Gasteiger partial charge in [-0.15, -0.1) is 11.6 Å². The highest BCUT2D eigenvalue weighted by molar-refractivity contribution is 6.18. The van der Waals surface area contributed by atoms with Crippen molar-refractivity contribution < 1.29 is 0 Å². The highest BCUT2D eigenvalue weighted by Gasteiger charge is 2.27. The molecule has 2 unspecified atom stereocenters. The first-order valence-electron chi connectivity index (χ1n) is 6.99. The predicted octanol–water partition coefficient (Wildman–Crippen LogP) is 2.72. The molecule has 0 radical (unpaired) electrons. The SMILES string of the molecule is CC(C)Cn1ccnc(NC2CCCC2CCl)c1=O. The summed E-state index contributed by atoms with van der Waals surface area (Å²) < 4.78 is 1.73. The van der Waals surface area contributed by atoms with Crippen LogP contribution in [0.15, 0.2) is 17.2 Å². The monoisotopic (exact) mass is 283 g/mol. The number of hydrogen-bond donors (Lipinski definition) is 1. The minimum Gasteiger partial charge on any atom is -0.362 e. The molecule has 0 aliphatic heterocycles. The average molecular weight is 284 g/mol. The van der Waals surface area contributed by atoms with Gasteiger partial charge in [0, 0.05) is 30.9 Å². The number of halogens is 1. The number of nitrogens with zero attached hydrogens (tertiary/aromatic N) is 2. The van der Waals surface area contributed by atoms with E-state index in [1.54, 1.807) is 17.0 Å². The maximum absolute atomic E-state index is 12.3. The Morgan fingerprint density at radius 3 is 3.00 bits per heavy atom. The Morgan fingerprint density at radius 1 is 1.53 bits per heavy atom. The fourth-order valence-electron chi connectivity index (χ4n) is 2.67. The lowest BCUT2D eigenvalue weighted by Gasteiger charge is -2.19. The Hall–Kier alpha value is -1.03. The summed E-state index contributed by atoms with van der Waals surface area (Å²) in [6.45, 7) is 4.92. The quantitative estimate of drug-likeness (QED) is 0.845. The summed E-state index contributed by atoms with van der Waals surface area (Å²) in [5.41, 5.74) is -0.0311. The largest absolute Gasteiger partial charge is 0.362 e. The molecule has 2 atom stereocenters. The Kier molecular flexibility index (Phi) is 4.86. The highest BCUT2D eigenvalue weighted by Crippen LogP contribution is 2.28. The van der Waals surface area contributed by atoms with E-state index < -0.39 is 0 Å². The molecule has 5 heteroatoms. The summed E-state index contributed by atoms with van der Waals surface area (Å²) in [5, 5.41) is 3.29. The van der Waals surface area contributed by atoms with E-state index in [2.05, 4.69) is 24.1 Å². The maximum atomic E-state index is 12.3. The number of nitrogens with one attached hydrogen (secondary N) is 1. The second-order valence-electron chi connectivity index (χ2n) is 5.72. The van der Waals surface area contributed by atoms with Crippen molar-refractivity contribution in [3.8, 4) is 0 Å². The van der Waals surface area contributed by atoms with Crippen LogP contribution in [0.5, 0.6) is 0 Å². The van der Waals surface area contributed by atoms with Crippen molar-refractivity contribution in [2.24, 2.45) is 11.8 Å². The first kappa shape index (κ1) is 14.4. The van der Waals surface area contributed by atoms with E-state index >= 15 is 0 Å². The van der Waals surface area contributed by atoms with Gasteiger partial charge in [-0.05, 0) is 24.7 Å². The number of rotatable bonds is 5. The van der Waals surface area contributed by atoms with Crippen molar-refractivity contribution in [3.05, 3.63) is 22.7 Å². The molecule has 0 aromatic carbocycles. The number of alkyl halides is 1. The van der Waals surface area contributed by atoms with Gasteiger partial charge in [0.25, 0.3) is 5.56 Å². The van der Waals surface area contributed by atoms with Gasteiger partial charge in [0.15, 0.2) is 5.82 Å². The lowest BCUT2D eigenvalue weighted by atomic mass is 10.1. The minimum absolute atomic E-state index is 0.0311. The minimum atomic E-state index is -0.0311. The lowest BCUT2D eigenvalue weighted by Crippen LogP contribution is -2.32. The summed E-state index contributed by atoms with van der Waals surface area (Å²) in [6, 6.07) is 0.285. The molecule has 0 bridgehead atoms. The summed E-state index contributed by atoms with van der Waals surface area (Å²) in [6.07, 6.45) is 6.81. The van der Waals surface area contributed by atoms with Crippen molar-refractivity contribution in [1.82, 2.24) is 9.55 Å². The third-order valence-corrected chi connectivity index (χ3v) is 4.05. The molecule has 1 saturated carbocycles. The fourth-order valence-corrected chi connectivity index (χ4v) is 3.04. The van der Waals surface area contributed by atoms with Crippen molar-refractivity contribution in [2.75, 3.05) is 11.2 Å². The van der Waals surface area contributed by atoms with Gasteiger partial charge in [0.1, 0.15) is 0 Å². The van der Waals surface area contributed by atoms with E-state index in [9.17, 15) is 4.79 Å². The molecule has 4 nitrogen and oxygen atoms in total. The van der Waals surface area contributed by atoms with Gasteiger partial charge < -0.3 is 9.88 Å². The first-order valence-corrected chi connectivity index (χ1v) is 7.53. The Bertz CT molecular complexity index is 472. The normalized spacial score (nSPS) is 22.9. The van der Waals surface area contributed by atoms with Crippen LogP contribution in [0.3, 0.4) is 0 Å². The Balaban J connectivity index is 2.14. The third kappa shape index (κ3) is 3.50.